The fraction of sp³-hybridized carbons (Fsp3) is 0.636. The van der Waals surface area contributed by atoms with E-state index in [1.165, 1.54) is 43.7 Å². The lowest BCUT2D eigenvalue weighted by molar-refractivity contribution is -0.129. The highest BCUT2D eigenvalue weighted by molar-refractivity contribution is 7.80. The average Bonchev–Trinajstić information content (AvgIpc) is 3.05. The van der Waals surface area contributed by atoms with E-state index in [4.69, 9.17) is 21.7 Å². The Morgan fingerprint density at radius 3 is 2.71 bits per heavy atom. The Labute approximate surface area is 188 Å². The van der Waals surface area contributed by atoms with Crippen LogP contribution >= 0.6 is 12.2 Å². The SMILES string of the molecule is O=C(CCCN1C(=O)C2C=C3OCOC3=CC2=NC1=S)NCCCN1CCCCCC1. The quantitative estimate of drug-likeness (QED) is 0.454. The predicted octanol–water partition coefficient (Wildman–Crippen LogP) is 2.12. The molecule has 2 saturated heterocycles. The van der Waals surface area contributed by atoms with Crippen molar-refractivity contribution in [2.75, 3.05) is 39.5 Å². The number of likely N-dealkylation sites (tertiary alicyclic amines) is 1. The minimum atomic E-state index is -0.514. The van der Waals surface area contributed by atoms with E-state index in [1.54, 1.807) is 12.2 Å². The van der Waals surface area contributed by atoms with Gasteiger partial charge in [-0.05, 0) is 63.6 Å². The first-order valence-electron chi connectivity index (χ1n) is 11.2. The van der Waals surface area contributed by atoms with E-state index in [0.29, 0.717) is 43.2 Å². The summed E-state index contributed by atoms with van der Waals surface area (Å²) < 4.78 is 10.7. The van der Waals surface area contributed by atoms with E-state index in [9.17, 15) is 9.59 Å². The predicted molar refractivity (Wildman–Crippen MR) is 120 cm³/mol. The van der Waals surface area contributed by atoms with Gasteiger partial charge >= 0.3 is 0 Å². The summed E-state index contributed by atoms with van der Waals surface area (Å²) in [5, 5.41) is 3.23. The lowest BCUT2D eigenvalue weighted by Crippen LogP contribution is -2.46. The van der Waals surface area contributed by atoms with Crippen molar-refractivity contribution in [2.24, 2.45) is 10.9 Å². The zero-order valence-corrected chi connectivity index (χ0v) is 18.6. The van der Waals surface area contributed by atoms with Crippen molar-refractivity contribution in [1.82, 2.24) is 15.1 Å². The fourth-order valence-corrected chi connectivity index (χ4v) is 4.60. The summed E-state index contributed by atoms with van der Waals surface area (Å²) in [5.74, 6) is 0.529. The van der Waals surface area contributed by atoms with E-state index in [0.717, 1.165) is 13.0 Å². The summed E-state index contributed by atoms with van der Waals surface area (Å²) in [6.07, 6.45) is 10.6. The van der Waals surface area contributed by atoms with Crippen LogP contribution in [0.5, 0.6) is 0 Å². The smallest absolute Gasteiger partial charge is 0.241 e. The van der Waals surface area contributed by atoms with E-state index in [2.05, 4.69) is 15.2 Å². The molecule has 3 aliphatic heterocycles. The standard InChI is InChI=1S/C22H30N4O4S/c27-20(23-8-6-11-25-9-3-1-2-4-10-25)7-5-12-26-21(28)16-13-18-19(30-15-29-18)14-17(16)24-22(26)31/h13-14,16H,1-12,15H2,(H,23,27). The molecule has 0 spiro atoms. The topological polar surface area (TPSA) is 83.5 Å². The number of nitrogens with zero attached hydrogens (tertiary/aromatic N) is 3. The number of carbonyl (C=O) groups excluding carboxylic acids is 2. The Bertz CT molecular complexity index is 814. The Hall–Kier alpha value is -2.26. The van der Waals surface area contributed by atoms with Gasteiger partial charge in [0, 0.05) is 25.6 Å². The van der Waals surface area contributed by atoms with Gasteiger partial charge in [-0.1, -0.05) is 12.8 Å². The zero-order chi connectivity index (χ0) is 21.6. The summed E-state index contributed by atoms with van der Waals surface area (Å²) >= 11 is 5.32. The Kier molecular flexibility index (Phi) is 7.34. The van der Waals surface area contributed by atoms with Crippen molar-refractivity contribution in [2.45, 2.75) is 44.9 Å². The number of amides is 2. The molecule has 1 unspecified atom stereocenters. The molecule has 0 aromatic rings. The maximum Gasteiger partial charge on any atom is 0.241 e. The highest BCUT2D eigenvalue weighted by Gasteiger charge is 2.38. The highest BCUT2D eigenvalue weighted by atomic mass is 32.1. The van der Waals surface area contributed by atoms with Crippen LogP contribution in [0.1, 0.15) is 44.9 Å². The molecule has 2 amide bonds. The van der Waals surface area contributed by atoms with Gasteiger partial charge in [-0.3, -0.25) is 14.5 Å². The van der Waals surface area contributed by atoms with Crippen molar-refractivity contribution < 1.29 is 19.1 Å². The molecule has 0 radical (unpaired) electrons. The minimum Gasteiger partial charge on any atom is -0.454 e. The number of rotatable bonds is 8. The Balaban J connectivity index is 1.17. The first-order valence-corrected chi connectivity index (χ1v) is 11.6. The molecule has 168 valence electrons. The molecule has 1 atom stereocenters. The van der Waals surface area contributed by atoms with Crippen LogP contribution in [-0.2, 0) is 19.1 Å². The van der Waals surface area contributed by atoms with Crippen molar-refractivity contribution in [3.8, 4) is 0 Å². The third kappa shape index (κ3) is 5.51. The van der Waals surface area contributed by atoms with E-state index < -0.39 is 5.92 Å². The first-order chi connectivity index (χ1) is 15.1. The second kappa shape index (κ2) is 10.4. The van der Waals surface area contributed by atoms with Gasteiger partial charge in [-0.15, -0.1) is 0 Å². The maximum atomic E-state index is 12.9. The maximum absolute atomic E-state index is 12.9. The number of fused-ring (bicyclic) bond motifs is 2. The molecule has 0 bridgehead atoms. The third-order valence-electron chi connectivity index (χ3n) is 6.03. The van der Waals surface area contributed by atoms with E-state index in [1.807, 2.05) is 0 Å². The Morgan fingerprint density at radius 2 is 1.90 bits per heavy atom. The molecule has 4 rings (SSSR count). The Morgan fingerprint density at radius 1 is 1.13 bits per heavy atom. The van der Waals surface area contributed by atoms with Crippen molar-refractivity contribution in [3.63, 3.8) is 0 Å². The molecule has 1 N–H and O–H groups in total. The second-order valence-electron chi connectivity index (χ2n) is 8.30. The van der Waals surface area contributed by atoms with Crippen LogP contribution in [0.2, 0.25) is 0 Å². The second-order valence-corrected chi connectivity index (χ2v) is 8.66. The van der Waals surface area contributed by atoms with Gasteiger partial charge < -0.3 is 19.7 Å². The van der Waals surface area contributed by atoms with Crippen LogP contribution in [0, 0.1) is 5.92 Å². The van der Waals surface area contributed by atoms with Gasteiger partial charge in [0.1, 0.15) is 5.92 Å². The number of carbonyl (C=O) groups is 2. The number of aliphatic imine (C=N–C) groups is 1. The summed E-state index contributed by atoms with van der Waals surface area (Å²) in [4.78, 5) is 33.5. The lowest BCUT2D eigenvalue weighted by Gasteiger charge is -2.30. The summed E-state index contributed by atoms with van der Waals surface area (Å²) in [7, 11) is 0. The van der Waals surface area contributed by atoms with Crippen LogP contribution in [0.25, 0.3) is 0 Å². The van der Waals surface area contributed by atoms with Gasteiger partial charge in [0.05, 0.1) is 5.71 Å². The van der Waals surface area contributed by atoms with Gasteiger partial charge in [0.25, 0.3) is 0 Å². The van der Waals surface area contributed by atoms with Crippen LogP contribution in [0.4, 0.5) is 0 Å². The average molecular weight is 447 g/mol. The van der Waals surface area contributed by atoms with Crippen LogP contribution in [0.3, 0.4) is 0 Å². The van der Waals surface area contributed by atoms with Gasteiger partial charge in [0.15, 0.2) is 11.5 Å². The molecule has 0 aromatic carbocycles. The summed E-state index contributed by atoms with van der Waals surface area (Å²) in [6, 6.07) is 0. The largest absolute Gasteiger partial charge is 0.454 e. The van der Waals surface area contributed by atoms with Crippen molar-refractivity contribution >= 4 is 34.9 Å². The summed E-state index contributed by atoms with van der Waals surface area (Å²) in [6.45, 7) is 4.61. The highest BCUT2D eigenvalue weighted by Crippen LogP contribution is 2.31. The van der Waals surface area contributed by atoms with Gasteiger partial charge in [-0.2, -0.15) is 0 Å². The molecule has 1 aliphatic carbocycles. The normalized spacial score (nSPS) is 23.5. The molecular formula is C22H30N4O4S. The number of ether oxygens (including phenoxy) is 2. The van der Waals surface area contributed by atoms with Gasteiger partial charge in [0.2, 0.25) is 23.7 Å². The fourth-order valence-electron chi connectivity index (χ4n) is 4.32. The number of hydrogen-bond donors (Lipinski definition) is 1. The van der Waals surface area contributed by atoms with Crippen LogP contribution in [-0.4, -0.2) is 72.0 Å². The van der Waals surface area contributed by atoms with Crippen molar-refractivity contribution in [3.05, 3.63) is 23.7 Å². The molecule has 0 aromatic heterocycles. The van der Waals surface area contributed by atoms with Crippen LogP contribution in [0.15, 0.2) is 28.7 Å². The van der Waals surface area contributed by atoms with Gasteiger partial charge in [-0.25, -0.2) is 4.99 Å². The van der Waals surface area contributed by atoms with E-state index in [-0.39, 0.29) is 23.7 Å². The molecule has 0 saturated carbocycles. The molecule has 8 nitrogen and oxygen atoms in total. The molecule has 2 fully saturated rings. The number of nitrogens with one attached hydrogen (secondary N) is 1. The molecule has 9 heteroatoms. The molecule has 4 aliphatic rings. The molecule has 3 heterocycles. The molecule has 31 heavy (non-hydrogen) atoms. The number of allylic oxidation sites excluding steroid dienone is 1. The van der Waals surface area contributed by atoms with E-state index >= 15 is 0 Å². The monoisotopic (exact) mass is 446 g/mol. The minimum absolute atomic E-state index is 0.0132. The zero-order valence-electron chi connectivity index (χ0n) is 17.8. The lowest BCUT2D eigenvalue weighted by atomic mass is 9.94. The van der Waals surface area contributed by atoms with Crippen molar-refractivity contribution in [1.29, 1.82) is 0 Å². The molecular weight excluding hydrogens is 416 g/mol. The third-order valence-corrected chi connectivity index (χ3v) is 6.34. The number of hydrogen-bond acceptors (Lipinski definition) is 6. The van der Waals surface area contributed by atoms with Crippen LogP contribution < -0.4 is 5.32 Å². The number of thiocarbonyl (C=S) groups is 1. The first kappa shape index (κ1) is 22.0. The summed E-state index contributed by atoms with van der Waals surface area (Å²) in [5.41, 5.74) is 0.581.